The van der Waals surface area contributed by atoms with Gasteiger partial charge in [0.1, 0.15) is 17.1 Å². The first kappa shape index (κ1) is 20.1. The summed E-state index contributed by atoms with van der Waals surface area (Å²) in [5, 5.41) is 0.577. The number of likely N-dealkylation sites (tertiary alicyclic amines) is 1. The van der Waals surface area contributed by atoms with Gasteiger partial charge in [0.05, 0.1) is 18.4 Å². The Balaban J connectivity index is 1.59. The van der Waals surface area contributed by atoms with E-state index < -0.39 is 5.60 Å². The number of fused-ring (bicyclic) bond motifs is 3. The number of benzene rings is 2. The molecule has 3 aliphatic rings. The molecule has 1 fully saturated rings. The van der Waals surface area contributed by atoms with E-state index in [9.17, 15) is 14.4 Å². The van der Waals surface area contributed by atoms with Crippen LogP contribution in [0.2, 0.25) is 5.02 Å². The molecule has 0 unspecified atom stereocenters. The number of Topliss-reactive ketones (excluding diaryl/α,β-unsaturated/α-hetero) is 1. The quantitative estimate of drug-likeness (QED) is 0.493. The van der Waals surface area contributed by atoms with Gasteiger partial charge in [-0.05, 0) is 29.8 Å². The molecule has 0 saturated carbocycles. The van der Waals surface area contributed by atoms with Gasteiger partial charge in [-0.25, -0.2) is 0 Å². The fraction of sp³-hybridized carbons (Fsp3) is 0.375. The third-order valence-corrected chi connectivity index (χ3v) is 6.81. The maximum atomic E-state index is 13.1. The molecule has 0 bridgehead atoms. The van der Waals surface area contributed by atoms with E-state index >= 15 is 0 Å². The van der Waals surface area contributed by atoms with Gasteiger partial charge in [-0.2, -0.15) is 0 Å². The molecule has 2 aromatic rings. The van der Waals surface area contributed by atoms with Gasteiger partial charge < -0.3 is 14.4 Å². The molecule has 3 aliphatic heterocycles. The van der Waals surface area contributed by atoms with Crippen LogP contribution in [0.1, 0.15) is 60.0 Å². The van der Waals surface area contributed by atoms with Crippen molar-refractivity contribution in [2.75, 3.05) is 13.1 Å². The highest BCUT2D eigenvalue weighted by molar-refractivity contribution is 6.30. The number of rotatable bonds is 1. The lowest BCUT2D eigenvalue weighted by atomic mass is 9.79. The molecule has 31 heavy (non-hydrogen) atoms. The number of carbonyl (C=O) groups is 3. The van der Waals surface area contributed by atoms with Crippen LogP contribution >= 0.6 is 11.6 Å². The van der Waals surface area contributed by atoms with Crippen LogP contribution in [0.25, 0.3) is 0 Å². The highest BCUT2D eigenvalue weighted by Gasteiger charge is 2.46. The van der Waals surface area contributed by atoms with Crippen LogP contribution in [0.3, 0.4) is 0 Å². The molecule has 2 aromatic carbocycles. The van der Waals surface area contributed by atoms with Crippen LogP contribution < -0.4 is 9.47 Å². The predicted octanol–water partition coefficient (Wildman–Crippen LogP) is 4.13. The molecule has 3 heterocycles. The zero-order chi connectivity index (χ0) is 21.8. The minimum atomic E-state index is -0.647. The molecule has 7 heteroatoms. The van der Waals surface area contributed by atoms with Gasteiger partial charge in [-0.15, -0.1) is 0 Å². The Kier molecular flexibility index (Phi) is 4.77. The zero-order valence-electron chi connectivity index (χ0n) is 17.2. The van der Waals surface area contributed by atoms with Crippen molar-refractivity contribution < 1.29 is 23.9 Å². The Bertz CT molecular complexity index is 1100. The number of esters is 1. The molecule has 1 saturated heterocycles. The third kappa shape index (κ3) is 3.49. The molecule has 0 aliphatic carbocycles. The molecular formula is C24H22ClNO5. The number of ketones is 1. The summed E-state index contributed by atoms with van der Waals surface area (Å²) in [4.78, 5) is 39.0. The number of ether oxygens (including phenoxy) is 2. The molecular weight excluding hydrogens is 418 g/mol. The summed E-state index contributed by atoms with van der Waals surface area (Å²) < 4.78 is 12.1. The van der Waals surface area contributed by atoms with E-state index in [-0.39, 0.29) is 36.4 Å². The predicted molar refractivity (Wildman–Crippen MR) is 114 cm³/mol. The monoisotopic (exact) mass is 439 g/mol. The number of hydrogen-bond acceptors (Lipinski definition) is 5. The molecule has 0 radical (unpaired) electrons. The minimum absolute atomic E-state index is 0.0158. The number of amides is 1. The largest absolute Gasteiger partial charge is 0.485 e. The summed E-state index contributed by atoms with van der Waals surface area (Å²) in [6.07, 6.45) is 1.60. The summed E-state index contributed by atoms with van der Waals surface area (Å²) in [5.74, 6) is 0.326. The first-order valence-electron chi connectivity index (χ1n) is 10.5. The third-order valence-electron chi connectivity index (χ3n) is 6.57. The van der Waals surface area contributed by atoms with E-state index in [1.54, 1.807) is 30.0 Å². The summed E-state index contributed by atoms with van der Waals surface area (Å²) in [7, 11) is 0. The van der Waals surface area contributed by atoms with Crippen molar-refractivity contribution in [2.45, 2.75) is 44.1 Å². The van der Waals surface area contributed by atoms with Gasteiger partial charge in [0, 0.05) is 49.4 Å². The second-order valence-electron chi connectivity index (χ2n) is 8.53. The zero-order valence-corrected chi connectivity index (χ0v) is 17.9. The number of nitrogens with zero attached hydrogens (tertiary/aromatic N) is 1. The van der Waals surface area contributed by atoms with Gasteiger partial charge in [0.2, 0.25) is 5.91 Å². The Morgan fingerprint density at radius 3 is 2.65 bits per heavy atom. The van der Waals surface area contributed by atoms with Crippen LogP contribution in [0.15, 0.2) is 36.4 Å². The van der Waals surface area contributed by atoms with Crippen molar-refractivity contribution in [3.05, 3.63) is 58.1 Å². The van der Waals surface area contributed by atoms with Crippen LogP contribution in [-0.4, -0.2) is 41.3 Å². The van der Waals surface area contributed by atoms with Crippen molar-refractivity contribution in [2.24, 2.45) is 0 Å². The first-order valence-corrected chi connectivity index (χ1v) is 10.8. The number of carbonyl (C=O) groups excluding carboxylic acids is 3. The number of halogens is 1. The maximum absolute atomic E-state index is 13.1. The smallest absolute Gasteiger partial charge is 0.312 e. The van der Waals surface area contributed by atoms with Crippen LogP contribution in [0, 0.1) is 0 Å². The van der Waals surface area contributed by atoms with Crippen molar-refractivity contribution >= 4 is 29.3 Å². The molecule has 5 rings (SSSR count). The fourth-order valence-corrected chi connectivity index (χ4v) is 5.12. The summed E-state index contributed by atoms with van der Waals surface area (Å²) in [6, 6.07) is 10.7. The maximum Gasteiger partial charge on any atom is 0.312 e. The second kappa shape index (κ2) is 7.38. The number of hydrogen-bond donors (Lipinski definition) is 0. The topological polar surface area (TPSA) is 72.9 Å². The first-order chi connectivity index (χ1) is 14.8. The highest BCUT2D eigenvalue weighted by Crippen LogP contribution is 2.50. The molecule has 0 N–H and O–H groups in total. The van der Waals surface area contributed by atoms with Crippen LogP contribution in [0.5, 0.6) is 11.5 Å². The Morgan fingerprint density at radius 1 is 1.16 bits per heavy atom. The lowest BCUT2D eigenvalue weighted by Crippen LogP contribution is -2.52. The summed E-state index contributed by atoms with van der Waals surface area (Å²) in [5.41, 5.74) is 1.47. The second-order valence-corrected chi connectivity index (χ2v) is 8.97. The Hall–Kier alpha value is -2.86. The van der Waals surface area contributed by atoms with Gasteiger partial charge in [-0.1, -0.05) is 23.7 Å². The van der Waals surface area contributed by atoms with Gasteiger partial charge in [-0.3, -0.25) is 14.4 Å². The minimum Gasteiger partial charge on any atom is -0.485 e. The van der Waals surface area contributed by atoms with E-state index in [0.717, 1.165) is 11.1 Å². The average molecular weight is 440 g/mol. The van der Waals surface area contributed by atoms with E-state index in [4.69, 9.17) is 21.1 Å². The van der Waals surface area contributed by atoms with Gasteiger partial charge in [0.15, 0.2) is 5.78 Å². The van der Waals surface area contributed by atoms with Crippen LogP contribution in [-0.2, 0) is 9.59 Å². The highest BCUT2D eigenvalue weighted by atomic mass is 35.5. The lowest BCUT2D eigenvalue weighted by molar-refractivity contribution is -0.135. The van der Waals surface area contributed by atoms with Crippen molar-refractivity contribution in [1.82, 2.24) is 4.90 Å². The van der Waals surface area contributed by atoms with E-state index in [0.29, 0.717) is 48.0 Å². The number of piperidine rings is 1. The molecule has 160 valence electrons. The molecule has 1 amide bonds. The Labute approximate surface area is 185 Å². The molecule has 1 atom stereocenters. The van der Waals surface area contributed by atoms with Crippen molar-refractivity contribution in [3.63, 3.8) is 0 Å². The lowest BCUT2D eigenvalue weighted by Gasteiger charge is -2.45. The molecule has 1 spiro atoms. The standard InChI is InChI=1S/C24H22ClNO5/c1-14(27)26-9-7-24(8-10-26)13-19(28)17-5-6-20-22(23(17)31-24)18(12-21(29)30-20)15-3-2-4-16(25)11-15/h2-6,11,18H,7-10,12-13H2,1H3/t18-/m0/s1. The van der Waals surface area contributed by atoms with E-state index in [1.807, 2.05) is 18.2 Å². The van der Waals surface area contributed by atoms with E-state index in [2.05, 4.69) is 0 Å². The van der Waals surface area contributed by atoms with Gasteiger partial charge in [0.25, 0.3) is 0 Å². The molecule has 6 nitrogen and oxygen atoms in total. The van der Waals surface area contributed by atoms with Crippen molar-refractivity contribution in [1.29, 1.82) is 0 Å². The van der Waals surface area contributed by atoms with Crippen molar-refractivity contribution in [3.8, 4) is 11.5 Å². The summed E-state index contributed by atoms with van der Waals surface area (Å²) in [6.45, 7) is 2.67. The molecule has 0 aromatic heterocycles. The average Bonchev–Trinajstić information content (AvgIpc) is 2.73. The van der Waals surface area contributed by atoms with E-state index in [1.165, 1.54) is 0 Å². The normalized spacial score (nSPS) is 21.7. The summed E-state index contributed by atoms with van der Waals surface area (Å²) >= 11 is 6.22. The van der Waals surface area contributed by atoms with Crippen LogP contribution in [0.4, 0.5) is 0 Å². The Morgan fingerprint density at radius 2 is 1.94 bits per heavy atom. The van der Waals surface area contributed by atoms with Gasteiger partial charge >= 0.3 is 5.97 Å². The SMILES string of the molecule is CC(=O)N1CCC2(CC1)CC(=O)c1ccc3c(c1O2)[C@H](c1cccc(Cl)c1)CC(=O)O3. The fourth-order valence-electron chi connectivity index (χ4n) is 4.92.